The van der Waals surface area contributed by atoms with Crippen LogP contribution >= 0.6 is 0 Å². The summed E-state index contributed by atoms with van der Waals surface area (Å²) in [4.78, 5) is 16.0. The zero-order valence-electron chi connectivity index (χ0n) is 10.6. The Morgan fingerprint density at radius 1 is 1.58 bits per heavy atom. The second-order valence-electron chi connectivity index (χ2n) is 5.11. The van der Waals surface area contributed by atoms with Crippen LogP contribution in [0.15, 0.2) is 16.8 Å². The number of aryl methyl sites for hydroxylation is 1. The van der Waals surface area contributed by atoms with Gasteiger partial charge in [0.1, 0.15) is 0 Å². The average Bonchev–Trinajstić information content (AvgIpc) is 2.75. The van der Waals surface area contributed by atoms with E-state index < -0.39 is 5.60 Å². The van der Waals surface area contributed by atoms with E-state index in [4.69, 9.17) is 4.52 Å². The molecule has 2 N–H and O–H groups in total. The van der Waals surface area contributed by atoms with E-state index in [0.29, 0.717) is 17.0 Å². The first-order chi connectivity index (χ1) is 9.07. The molecule has 2 aromatic rings. The summed E-state index contributed by atoms with van der Waals surface area (Å²) in [5, 5.41) is 17.2. The van der Waals surface area contributed by atoms with Crippen LogP contribution in [0.1, 0.15) is 35.3 Å². The second kappa shape index (κ2) is 4.31. The van der Waals surface area contributed by atoms with Crippen molar-refractivity contribution in [2.45, 2.75) is 31.8 Å². The Balaban J connectivity index is 1.75. The third-order valence-electron chi connectivity index (χ3n) is 3.63. The van der Waals surface area contributed by atoms with Gasteiger partial charge < -0.3 is 14.9 Å². The van der Waals surface area contributed by atoms with Crippen molar-refractivity contribution in [2.24, 2.45) is 0 Å². The zero-order valence-corrected chi connectivity index (χ0v) is 10.6. The number of fused-ring (bicyclic) bond motifs is 1. The molecule has 0 spiro atoms. The van der Waals surface area contributed by atoms with Gasteiger partial charge in [-0.25, -0.2) is 4.98 Å². The topological polar surface area (TPSA) is 88.2 Å². The molecule has 0 aliphatic heterocycles. The van der Waals surface area contributed by atoms with Crippen LogP contribution in [0.5, 0.6) is 0 Å². The number of pyridine rings is 1. The zero-order chi connectivity index (χ0) is 13.5. The number of amides is 1. The Labute approximate surface area is 109 Å². The molecule has 2 heterocycles. The van der Waals surface area contributed by atoms with Crippen LogP contribution in [0, 0.1) is 6.92 Å². The lowest BCUT2D eigenvalue weighted by atomic mass is 9.80. The molecular formula is C13H15N3O3. The van der Waals surface area contributed by atoms with E-state index in [1.807, 2.05) is 0 Å². The highest BCUT2D eigenvalue weighted by Gasteiger charge is 2.34. The molecule has 1 aliphatic rings. The Kier molecular flexibility index (Phi) is 2.74. The number of carbonyl (C=O) groups excluding carboxylic acids is 1. The van der Waals surface area contributed by atoms with E-state index in [9.17, 15) is 9.90 Å². The minimum atomic E-state index is -0.722. The summed E-state index contributed by atoms with van der Waals surface area (Å²) in [7, 11) is 0. The van der Waals surface area contributed by atoms with Gasteiger partial charge in [-0.05, 0) is 32.3 Å². The summed E-state index contributed by atoms with van der Waals surface area (Å²) in [5.74, 6) is -0.240. The van der Waals surface area contributed by atoms with Crippen LogP contribution < -0.4 is 5.32 Å². The van der Waals surface area contributed by atoms with E-state index in [1.54, 1.807) is 13.0 Å². The number of nitrogens with zero attached hydrogens (tertiary/aromatic N) is 2. The Morgan fingerprint density at radius 2 is 2.37 bits per heavy atom. The summed E-state index contributed by atoms with van der Waals surface area (Å²) < 4.78 is 4.99. The molecule has 0 atom stereocenters. The fourth-order valence-corrected chi connectivity index (χ4v) is 2.18. The Bertz CT molecular complexity index is 631. The number of aliphatic hydroxyl groups is 1. The first-order valence-corrected chi connectivity index (χ1v) is 6.30. The van der Waals surface area contributed by atoms with E-state index >= 15 is 0 Å². The summed E-state index contributed by atoms with van der Waals surface area (Å²) >= 11 is 0. The third kappa shape index (κ3) is 2.19. The molecule has 6 heteroatoms. The highest BCUT2D eigenvalue weighted by molar-refractivity contribution is 5.96. The number of nitrogens with one attached hydrogen (secondary N) is 1. The second-order valence-corrected chi connectivity index (χ2v) is 5.11. The number of hydrogen-bond acceptors (Lipinski definition) is 5. The van der Waals surface area contributed by atoms with Gasteiger partial charge in [0.2, 0.25) is 0 Å². The van der Waals surface area contributed by atoms with Gasteiger partial charge in [0.15, 0.2) is 0 Å². The molecule has 6 nitrogen and oxygen atoms in total. The van der Waals surface area contributed by atoms with Crippen molar-refractivity contribution in [2.75, 3.05) is 6.54 Å². The maximum atomic E-state index is 12.0. The lowest BCUT2D eigenvalue weighted by molar-refractivity contribution is -0.0300. The van der Waals surface area contributed by atoms with Gasteiger partial charge in [-0.1, -0.05) is 5.16 Å². The van der Waals surface area contributed by atoms with E-state index in [0.717, 1.165) is 24.6 Å². The number of rotatable bonds is 3. The molecule has 2 aromatic heterocycles. The van der Waals surface area contributed by atoms with Crippen LogP contribution in [-0.4, -0.2) is 33.3 Å². The molecule has 0 aromatic carbocycles. The summed E-state index contributed by atoms with van der Waals surface area (Å²) in [6.07, 6.45) is 3.96. The van der Waals surface area contributed by atoms with Gasteiger partial charge in [0, 0.05) is 12.7 Å². The van der Waals surface area contributed by atoms with Crippen LogP contribution in [0.25, 0.3) is 11.1 Å². The summed E-state index contributed by atoms with van der Waals surface area (Å²) in [6, 6.07) is 1.70. The average molecular weight is 261 g/mol. The van der Waals surface area contributed by atoms with E-state index in [1.165, 1.54) is 6.20 Å². The monoisotopic (exact) mass is 261 g/mol. The number of carbonyl (C=O) groups is 1. The van der Waals surface area contributed by atoms with Crippen LogP contribution in [0.3, 0.4) is 0 Å². The molecule has 0 radical (unpaired) electrons. The lowest BCUT2D eigenvalue weighted by Crippen LogP contribution is -2.47. The van der Waals surface area contributed by atoms with Gasteiger partial charge in [-0.15, -0.1) is 0 Å². The first kappa shape index (κ1) is 12.1. The van der Waals surface area contributed by atoms with E-state index in [-0.39, 0.29) is 12.5 Å². The molecule has 0 bridgehead atoms. The molecule has 0 saturated heterocycles. The van der Waals surface area contributed by atoms with Crippen molar-refractivity contribution in [3.05, 3.63) is 23.5 Å². The Morgan fingerprint density at radius 3 is 3.05 bits per heavy atom. The fraction of sp³-hybridized carbons (Fsp3) is 0.462. The molecule has 1 amide bonds. The minimum Gasteiger partial charge on any atom is -0.388 e. The van der Waals surface area contributed by atoms with Crippen molar-refractivity contribution in [3.8, 4) is 0 Å². The highest BCUT2D eigenvalue weighted by Crippen LogP contribution is 2.30. The lowest BCUT2D eigenvalue weighted by Gasteiger charge is -2.36. The van der Waals surface area contributed by atoms with Gasteiger partial charge in [-0.3, -0.25) is 4.79 Å². The fourth-order valence-electron chi connectivity index (χ4n) is 2.18. The molecule has 19 heavy (non-hydrogen) atoms. The molecule has 0 unspecified atom stereocenters. The van der Waals surface area contributed by atoms with Gasteiger partial charge >= 0.3 is 0 Å². The van der Waals surface area contributed by atoms with Gasteiger partial charge in [0.25, 0.3) is 11.6 Å². The molecule has 1 fully saturated rings. The molecule has 100 valence electrons. The molecule has 3 rings (SSSR count). The van der Waals surface area contributed by atoms with Crippen molar-refractivity contribution < 1.29 is 14.4 Å². The van der Waals surface area contributed by atoms with E-state index in [2.05, 4.69) is 15.5 Å². The Hall–Kier alpha value is -1.95. The van der Waals surface area contributed by atoms with Gasteiger partial charge in [-0.2, -0.15) is 0 Å². The van der Waals surface area contributed by atoms with Crippen molar-refractivity contribution in [1.82, 2.24) is 15.5 Å². The SMILES string of the molecule is Cc1noc2ncc(C(=O)NCC3(O)CCC3)cc12. The van der Waals surface area contributed by atoms with Crippen molar-refractivity contribution >= 4 is 17.0 Å². The van der Waals surface area contributed by atoms with Crippen LogP contribution in [0.4, 0.5) is 0 Å². The maximum absolute atomic E-state index is 12.0. The van der Waals surface area contributed by atoms with Crippen molar-refractivity contribution in [1.29, 1.82) is 0 Å². The normalized spacial score (nSPS) is 17.2. The van der Waals surface area contributed by atoms with Crippen molar-refractivity contribution in [3.63, 3.8) is 0 Å². The molecular weight excluding hydrogens is 246 g/mol. The summed E-state index contributed by atoms with van der Waals surface area (Å²) in [6.45, 7) is 2.08. The van der Waals surface area contributed by atoms with Crippen LogP contribution in [0.2, 0.25) is 0 Å². The third-order valence-corrected chi connectivity index (χ3v) is 3.63. The molecule has 1 aliphatic carbocycles. The first-order valence-electron chi connectivity index (χ1n) is 6.30. The summed E-state index contributed by atoms with van der Waals surface area (Å²) in [5.41, 5.74) is 0.850. The van der Waals surface area contributed by atoms with Gasteiger partial charge in [0.05, 0.1) is 22.2 Å². The quantitative estimate of drug-likeness (QED) is 0.866. The maximum Gasteiger partial charge on any atom is 0.257 e. The number of hydrogen-bond donors (Lipinski definition) is 2. The van der Waals surface area contributed by atoms with Crippen LogP contribution in [-0.2, 0) is 0 Å². The minimum absolute atomic E-state index is 0.240. The predicted molar refractivity (Wildman–Crippen MR) is 67.7 cm³/mol. The highest BCUT2D eigenvalue weighted by atomic mass is 16.5. The smallest absolute Gasteiger partial charge is 0.257 e. The largest absolute Gasteiger partial charge is 0.388 e. The standard InChI is InChI=1S/C13H15N3O3/c1-8-10-5-9(6-14-12(10)19-16-8)11(17)15-7-13(18)3-2-4-13/h5-6,18H,2-4,7H2,1H3,(H,15,17). The predicted octanol–water partition coefficient (Wildman–Crippen LogP) is 1.18. The molecule has 1 saturated carbocycles. The number of aromatic nitrogens is 2.